The molecule has 1 aliphatic rings. The summed E-state index contributed by atoms with van der Waals surface area (Å²) in [4.78, 5) is 14.3. The molecule has 0 heterocycles. The van der Waals surface area contributed by atoms with E-state index in [2.05, 4.69) is 0 Å². The van der Waals surface area contributed by atoms with E-state index in [1.165, 1.54) is 13.2 Å². The van der Waals surface area contributed by atoms with Crippen LogP contribution in [0.5, 0.6) is 0 Å². The van der Waals surface area contributed by atoms with Gasteiger partial charge >= 0.3 is 6.18 Å². The molecule has 1 aromatic carbocycles. The van der Waals surface area contributed by atoms with Gasteiger partial charge in [-0.1, -0.05) is 12.1 Å². The van der Waals surface area contributed by atoms with Crippen molar-refractivity contribution >= 4 is 5.91 Å². The molecule has 0 radical (unpaired) electrons. The number of hydrogen-bond donors (Lipinski definition) is 1. The predicted molar refractivity (Wildman–Crippen MR) is 84.2 cm³/mol. The fourth-order valence-corrected chi connectivity index (χ4v) is 2.79. The maximum absolute atomic E-state index is 12.9. The Kier molecular flexibility index (Phi) is 5.87. The second-order valence-corrected chi connectivity index (χ2v) is 6.13. The van der Waals surface area contributed by atoms with E-state index in [4.69, 9.17) is 10.5 Å². The minimum absolute atomic E-state index is 0.0809. The fourth-order valence-electron chi connectivity index (χ4n) is 2.79. The Morgan fingerprint density at radius 3 is 2.58 bits per heavy atom. The van der Waals surface area contributed by atoms with E-state index in [1.807, 2.05) is 0 Å². The smallest absolute Gasteiger partial charge is 0.380 e. The molecule has 0 aliphatic heterocycles. The molecule has 2 rings (SSSR count). The Bertz CT molecular complexity index is 569. The second-order valence-electron chi connectivity index (χ2n) is 6.13. The number of carbonyl (C=O) groups is 1. The maximum atomic E-state index is 12.9. The number of carbonyl (C=O) groups excluding carboxylic acids is 1. The Hall–Kier alpha value is -1.60. The minimum Gasteiger partial charge on any atom is -0.380 e. The zero-order chi connectivity index (χ0) is 17.9. The van der Waals surface area contributed by atoms with Crippen LogP contribution in [0.3, 0.4) is 0 Å². The first kappa shape index (κ1) is 18.7. The van der Waals surface area contributed by atoms with Crippen LogP contribution in [-0.2, 0) is 15.7 Å². The van der Waals surface area contributed by atoms with Crippen LogP contribution in [0.15, 0.2) is 24.3 Å². The quantitative estimate of drug-likeness (QED) is 0.827. The first-order valence-electron chi connectivity index (χ1n) is 7.99. The van der Waals surface area contributed by atoms with Crippen LogP contribution in [0.1, 0.15) is 43.4 Å². The van der Waals surface area contributed by atoms with Crippen molar-refractivity contribution in [2.24, 2.45) is 5.73 Å². The highest BCUT2D eigenvalue weighted by atomic mass is 19.4. The average Bonchev–Trinajstić information content (AvgIpc) is 3.36. The summed E-state index contributed by atoms with van der Waals surface area (Å²) in [6, 6.07) is 4.81. The van der Waals surface area contributed by atoms with Gasteiger partial charge in [-0.05, 0) is 37.5 Å². The molecule has 7 heteroatoms. The van der Waals surface area contributed by atoms with Crippen molar-refractivity contribution in [3.05, 3.63) is 35.4 Å². The molecule has 1 amide bonds. The highest BCUT2D eigenvalue weighted by molar-refractivity contribution is 5.78. The van der Waals surface area contributed by atoms with Gasteiger partial charge in [0.1, 0.15) is 0 Å². The lowest BCUT2D eigenvalue weighted by molar-refractivity contribution is -0.137. The Labute approximate surface area is 139 Å². The molecule has 1 fully saturated rings. The van der Waals surface area contributed by atoms with Crippen LogP contribution in [0.4, 0.5) is 13.2 Å². The van der Waals surface area contributed by atoms with Crippen molar-refractivity contribution in [3.8, 4) is 0 Å². The zero-order valence-corrected chi connectivity index (χ0v) is 13.8. The second kappa shape index (κ2) is 7.53. The summed E-state index contributed by atoms with van der Waals surface area (Å²) >= 11 is 0. The summed E-state index contributed by atoms with van der Waals surface area (Å²) in [5.74, 6) is -0.139. The number of methoxy groups -OCH3 is 1. The summed E-state index contributed by atoms with van der Waals surface area (Å²) in [7, 11) is 1.49. The first-order chi connectivity index (χ1) is 11.3. The number of nitrogens with two attached hydrogens (primary N) is 1. The number of amides is 1. The predicted octanol–water partition coefficient (Wildman–Crippen LogP) is 3.12. The van der Waals surface area contributed by atoms with E-state index in [0.29, 0.717) is 5.56 Å². The minimum atomic E-state index is -4.40. The van der Waals surface area contributed by atoms with E-state index >= 15 is 0 Å². The Morgan fingerprint density at radius 2 is 2.08 bits per heavy atom. The molecule has 1 aliphatic carbocycles. The van der Waals surface area contributed by atoms with Gasteiger partial charge in [0, 0.05) is 19.7 Å². The average molecular weight is 344 g/mol. The molecule has 0 spiro atoms. The molecule has 24 heavy (non-hydrogen) atoms. The molecule has 4 nitrogen and oxygen atoms in total. The molecule has 2 unspecified atom stereocenters. The van der Waals surface area contributed by atoms with Crippen LogP contribution in [0.2, 0.25) is 0 Å². The lowest BCUT2D eigenvalue weighted by atomic mass is 10.0. The van der Waals surface area contributed by atoms with Gasteiger partial charge in [0.05, 0.1) is 24.1 Å². The molecule has 134 valence electrons. The van der Waals surface area contributed by atoms with Gasteiger partial charge in [-0.15, -0.1) is 0 Å². The van der Waals surface area contributed by atoms with Crippen LogP contribution in [-0.4, -0.2) is 36.6 Å². The molecule has 2 N–H and O–H groups in total. The van der Waals surface area contributed by atoms with Gasteiger partial charge in [-0.3, -0.25) is 4.79 Å². The van der Waals surface area contributed by atoms with Crippen LogP contribution < -0.4 is 5.73 Å². The highest BCUT2D eigenvalue weighted by Crippen LogP contribution is 2.37. The third kappa shape index (κ3) is 4.48. The number of hydrogen-bond acceptors (Lipinski definition) is 3. The van der Waals surface area contributed by atoms with Crippen molar-refractivity contribution in [3.63, 3.8) is 0 Å². The number of rotatable bonds is 7. The SMILES string of the molecule is COC(CN)CC(=O)N(C1CC1)C(C)c1cccc(C(F)(F)F)c1. The fraction of sp³-hybridized carbons (Fsp3) is 0.588. The van der Waals surface area contributed by atoms with Crippen LogP contribution >= 0.6 is 0 Å². The molecule has 0 saturated heterocycles. The molecule has 0 bridgehead atoms. The molecule has 2 atom stereocenters. The lowest BCUT2D eigenvalue weighted by Crippen LogP contribution is -2.39. The summed E-state index contributed by atoms with van der Waals surface area (Å²) in [6.45, 7) is 1.98. The van der Waals surface area contributed by atoms with E-state index in [0.717, 1.165) is 25.0 Å². The van der Waals surface area contributed by atoms with Crippen LogP contribution in [0.25, 0.3) is 0 Å². The van der Waals surface area contributed by atoms with Crippen LogP contribution in [0, 0.1) is 0 Å². The summed E-state index contributed by atoms with van der Waals surface area (Å²) in [5.41, 5.74) is 5.33. The van der Waals surface area contributed by atoms with Crippen molar-refractivity contribution < 1.29 is 22.7 Å². The van der Waals surface area contributed by atoms with E-state index in [9.17, 15) is 18.0 Å². The molecular formula is C17H23F3N2O2. The topological polar surface area (TPSA) is 55.6 Å². The Balaban J connectivity index is 2.20. The molecule has 1 saturated carbocycles. The highest BCUT2D eigenvalue weighted by Gasteiger charge is 2.37. The van der Waals surface area contributed by atoms with E-state index in [-0.39, 0.29) is 31.0 Å². The van der Waals surface area contributed by atoms with Gasteiger partial charge in [0.2, 0.25) is 5.91 Å². The van der Waals surface area contributed by atoms with Gasteiger partial charge in [-0.25, -0.2) is 0 Å². The normalized spacial score (nSPS) is 17.4. The number of halogens is 3. The van der Waals surface area contributed by atoms with E-state index in [1.54, 1.807) is 17.9 Å². The monoisotopic (exact) mass is 344 g/mol. The number of benzene rings is 1. The van der Waals surface area contributed by atoms with E-state index < -0.39 is 17.8 Å². The molecule has 1 aromatic rings. The number of alkyl halides is 3. The summed E-state index contributed by atoms with van der Waals surface area (Å²) in [5, 5.41) is 0. The van der Waals surface area contributed by atoms with Gasteiger partial charge in [0.25, 0.3) is 0 Å². The maximum Gasteiger partial charge on any atom is 0.416 e. The van der Waals surface area contributed by atoms with Crippen molar-refractivity contribution in [2.75, 3.05) is 13.7 Å². The van der Waals surface area contributed by atoms with Crippen molar-refractivity contribution in [1.29, 1.82) is 0 Å². The van der Waals surface area contributed by atoms with Crippen molar-refractivity contribution in [1.82, 2.24) is 4.90 Å². The zero-order valence-electron chi connectivity index (χ0n) is 13.8. The number of nitrogens with zero attached hydrogens (tertiary/aromatic N) is 1. The third-order valence-electron chi connectivity index (χ3n) is 4.34. The summed E-state index contributed by atoms with van der Waals surface area (Å²) < 4.78 is 43.9. The standard InChI is InChI=1S/C17H23F3N2O2/c1-11(12-4-3-5-13(8-12)17(18,19)20)22(14-6-7-14)16(23)9-15(10-21)24-2/h3-5,8,11,14-15H,6-7,9-10,21H2,1-2H3. The number of ether oxygens (including phenoxy) is 1. The van der Waals surface area contributed by atoms with Gasteiger partial charge in [-0.2, -0.15) is 13.2 Å². The largest absolute Gasteiger partial charge is 0.416 e. The Morgan fingerprint density at radius 1 is 1.42 bits per heavy atom. The first-order valence-corrected chi connectivity index (χ1v) is 7.99. The summed E-state index contributed by atoms with van der Waals surface area (Å²) in [6.07, 6.45) is -2.91. The molecular weight excluding hydrogens is 321 g/mol. The van der Waals surface area contributed by atoms with Gasteiger partial charge < -0.3 is 15.4 Å². The van der Waals surface area contributed by atoms with Gasteiger partial charge in [0.15, 0.2) is 0 Å². The van der Waals surface area contributed by atoms with Crippen molar-refractivity contribution in [2.45, 2.75) is 50.6 Å². The molecule has 0 aromatic heterocycles. The lowest BCUT2D eigenvalue weighted by Gasteiger charge is -2.31. The third-order valence-corrected chi connectivity index (χ3v) is 4.34.